The van der Waals surface area contributed by atoms with E-state index in [1.807, 2.05) is 30.3 Å². The molecule has 0 aliphatic heterocycles. The van der Waals surface area contributed by atoms with Gasteiger partial charge in [0, 0.05) is 16.8 Å². The van der Waals surface area contributed by atoms with Crippen molar-refractivity contribution in [3.05, 3.63) is 63.6 Å². The largest absolute Gasteiger partial charge is 0.438 e. The third kappa shape index (κ3) is 3.36. The molecule has 28 heavy (non-hydrogen) atoms. The number of rotatable bonds is 4. The lowest BCUT2D eigenvalue weighted by atomic mass is 10.3. The lowest BCUT2D eigenvalue weighted by Crippen LogP contribution is -1.90. The number of aromatic amines is 1. The molecule has 5 aromatic rings. The first-order valence-electron chi connectivity index (χ1n) is 8.24. The Bertz CT molecular complexity index is 1300. The first-order chi connectivity index (χ1) is 13.6. The van der Waals surface area contributed by atoms with E-state index in [1.54, 1.807) is 18.2 Å². The molecule has 2 aromatic carbocycles. The summed E-state index contributed by atoms with van der Waals surface area (Å²) in [5.41, 5.74) is 2.87. The number of ether oxygens (including phenoxy) is 1. The summed E-state index contributed by atoms with van der Waals surface area (Å²) in [5.74, 6) is 1.08. The number of hydrogen-bond acceptors (Lipinski definition) is 6. The molecule has 7 nitrogen and oxygen atoms in total. The Morgan fingerprint density at radius 3 is 2.79 bits per heavy atom. The Kier molecular flexibility index (Phi) is 4.29. The molecule has 3 heterocycles. The van der Waals surface area contributed by atoms with Crippen LogP contribution in [-0.4, -0.2) is 19.9 Å². The van der Waals surface area contributed by atoms with Crippen molar-refractivity contribution in [3.63, 3.8) is 0 Å². The first kappa shape index (κ1) is 17.3. The number of nitrogens with one attached hydrogen (secondary N) is 2. The van der Waals surface area contributed by atoms with Crippen molar-refractivity contribution >= 4 is 68.0 Å². The highest BCUT2D eigenvalue weighted by atomic mass is 127. The monoisotopic (exact) mass is 503 g/mol. The molecular weight excluding hydrogens is 493 g/mol. The van der Waals surface area contributed by atoms with Crippen molar-refractivity contribution in [2.75, 3.05) is 5.32 Å². The van der Waals surface area contributed by atoms with Crippen LogP contribution in [0.2, 0.25) is 5.02 Å². The van der Waals surface area contributed by atoms with E-state index in [-0.39, 0.29) is 0 Å². The van der Waals surface area contributed by atoms with Crippen molar-refractivity contribution in [1.82, 2.24) is 19.9 Å². The van der Waals surface area contributed by atoms with E-state index in [1.165, 1.54) is 6.33 Å². The molecule has 0 bridgehead atoms. The number of nitrogens with zero attached hydrogens (tertiary/aromatic N) is 3. The maximum absolute atomic E-state index is 5.96. The van der Waals surface area contributed by atoms with Crippen molar-refractivity contribution < 1.29 is 9.15 Å². The zero-order valence-corrected chi connectivity index (χ0v) is 17.0. The Balaban J connectivity index is 1.43. The van der Waals surface area contributed by atoms with Gasteiger partial charge >= 0.3 is 0 Å². The Morgan fingerprint density at radius 2 is 1.93 bits per heavy atom. The summed E-state index contributed by atoms with van der Waals surface area (Å²) in [6.45, 7) is 0. The van der Waals surface area contributed by atoms with Crippen LogP contribution in [0.15, 0.2) is 59.3 Å². The van der Waals surface area contributed by atoms with Crippen molar-refractivity contribution in [2.45, 2.75) is 0 Å². The van der Waals surface area contributed by atoms with E-state index in [9.17, 15) is 0 Å². The van der Waals surface area contributed by atoms with Crippen LogP contribution in [0.25, 0.3) is 22.1 Å². The molecular formula is C19H11ClIN5O2. The minimum absolute atomic E-state index is 0.388. The maximum atomic E-state index is 5.96. The third-order valence-electron chi connectivity index (χ3n) is 4.03. The molecule has 5 rings (SSSR count). The van der Waals surface area contributed by atoms with Crippen LogP contribution in [0.5, 0.6) is 11.6 Å². The SMILES string of the molecule is Clc1ccc(Nc2nc3cc(Oc4ncnc5[nH]c(I)cc45)ccc3o2)cc1. The van der Waals surface area contributed by atoms with Crippen LogP contribution < -0.4 is 10.1 Å². The fraction of sp³-hybridized carbons (Fsp3) is 0. The molecule has 2 N–H and O–H groups in total. The van der Waals surface area contributed by atoms with Crippen LogP contribution in [0.1, 0.15) is 0 Å². The van der Waals surface area contributed by atoms with Gasteiger partial charge in [0.05, 0.1) is 9.09 Å². The van der Waals surface area contributed by atoms with Crippen LogP contribution in [0.3, 0.4) is 0 Å². The van der Waals surface area contributed by atoms with Gasteiger partial charge in [-0.25, -0.2) is 9.97 Å². The van der Waals surface area contributed by atoms with Gasteiger partial charge in [-0.05, 0) is 65.1 Å². The highest BCUT2D eigenvalue weighted by molar-refractivity contribution is 14.1. The maximum Gasteiger partial charge on any atom is 0.300 e. The molecule has 0 saturated heterocycles. The summed E-state index contributed by atoms with van der Waals surface area (Å²) in [6, 6.07) is 15.0. The van der Waals surface area contributed by atoms with Gasteiger partial charge in [-0.1, -0.05) is 11.6 Å². The number of aromatic nitrogens is 4. The number of halogens is 2. The summed E-state index contributed by atoms with van der Waals surface area (Å²) < 4.78 is 12.7. The molecule has 0 saturated carbocycles. The zero-order chi connectivity index (χ0) is 19.1. The summed E-state index contributed by atoms with van der Waals surface area (Å²) in [7, 11) is 0. The second-order valence-corrected chi connectivity index (χ2v) is 7.54. The molecule has 0 unspecified atom stereocenters. The number of H-pyrrole nitrogens is 1. The predicted molar refractivity (Wildman–Crippen MR) is 115 cm³/mol. The lowest BCUT2D eigenvalue weighted by Gasteiger charge is -2.04. The topological polar surface area (TPSA) is 88.9 Å². The number of hydrogen-bond donors (Lipinski definition) is 2. The molecule has 9 heteroatoms. The molecule has 0 fully saturated rings. The van der Waals surface area contributed by atoms with Crippen LogP contribution in [-0.2, 0) is 0 Å². The smallest absolute Gasteiger partial charge is 0.300 e. The van der Waals surface area contributed by atoms with E-state index in [2.05, 4.69) is 47.8 Å². The van der Waals surface area contributed by atoms with Gasteiger partial charge in [0.2, 0.25) is 5.88 Å². The van der Waals surface area contributed by atoms with E-state index >= 15 is 0 Å². The Labute approximate surface area is 177 Å². The molecule has 0 amide bonds. The predicted octanol–water partition coefficient (Wildman–Crippen LogP) is 5.89. The average molecular weight is 504 g/mol. The van der Waals surface area contributed by atoms with Gasteiger partial charge in [-0.3, -0.25) is 0 Å². The average Bonchev–Trinajstić information content (AvgIpc) is 3.26. The number of fused-ring (bicyclic) bond motifs is 2. The number of oxazole rings is 1. The van der Waals surface area contributed by atoms with E-state index < -0.39 is 0 Å². The van der Waals surface area contributed by atoms with Gasteiger partial charge in [0.15, 0.2) is 5.58 Å². The highest BCUT2D eigenvalue weighted by Crippen LogP contribution is 2.31. The zero-order valence-electron chi connectivity index (χ0n) is 14.1. The normalized spacial score (nSPS) is 11.2. The number of anilines is 2. The first-order valence-corrected chi connectivity index (χ1v) is 9.70. The Morgan fingerprint density at radius 1 is 1.07 bits per heavy atom. The minimum Gasteiger partial charge on any atom is -0.438 e. The molecule has 0 aliphatic rings. The van der Waals surface area contributed by atoms with Gasteiger partial charge in [-0.15, -0.1) is 0 Å². The summed E-state index contributed by atoms with van der Waals surface area (Å²) >= 11 is 8.10. The molecule has 0 aliphatic carbocycles. The fourth-order valence-electron chi connectivity index (χ4n) is 2.76. The molecule has 0 radical (unpaired) electrons. The quantitative estimate of drug-likeness (QED) is 0.297. The molecule has 0 spiro atoms. The van der Waals surface area contributed by atoms with Crippen molar-refractivity contribution in [1.29, 1.82) is 0 Å². The molecule has 3 aromatic heterocycles. The third-order valence-corrected chi connectivity index (χ3v) is 4.86. The van der Waals surface area contributed by atoms with Gasteiger partial charge in [0.1, 0.15) is 23.2 Å². The molecule has 0 atom stereocenters. The summed E-state index contributed by atoms with van der Waals surface area (Å²) in [6.07, 6.45) is 1.47. The van der Waals surface area contributed by atoms with Gasteiger partial charge < -0.3 is 19.5 Å². The summed E-state index contributed by atoms with van der Waals surface area (Å²) in [4.78, 5) is 16.1. The van der Waals surface area contributed by atoms with E-state index in [0.717, 1.165) is 20.4 Å². The lowest BCUT2D eigenvalue weighted by molar-refractivity contribution is 0.468. The van der Waals surface area contributed by atoms with E-state index in [0.29, 0.717) is 33.8 Å². The van der Waals surface area contributed by atoms with Gasteiger partial charge in [0.25, 0.3) is 6.01 Å². The number of benzene rings is 2. The van der Waals surface area contributed by atoms with Gasteiger partial charge in [-0.2, -0.15) is 4.98 Å². The second kappa shape index (κ2) is 6.95. The molecule has 138 valence electrons. The minimum atomic E-state index is 0.388. The van der Waals surface area contributed by atoms with Crippen molar-refractivity contribution in [3.8, 4) is 11.6 Å². The summed E-state index contributed by atoms with van der Waals surface area (Å²) in [5, 5.41) is 4.60. The van der Waals surface area contributed by atoms with Crippen LogP contribution in [0, 0.1) is 3.70 Å². The Hall–Kier alpha value is -2.85. The van der Waals surface area contributed by atoms with Crippen molar-refractivity contribution in [2.24, 2.45) is 0 Å². The van der Waals surface area contributed by atoms with Crippen LogP contribution >= 0.6 is 34.2 Å². The fourth-order valence-corrected chi connectivity index (χ4v) is 3.45. The standard InChI is InChI=1S/C19H11ClIN5O2/c20-10-1-3-11(4-2-10)24-19-25-14-7-12(5-6-15(14)28-19)27-18-13-8-16(21)26-17(13)22-9-23-18/h1-9H,(H,24,25)(H,22,23,26). The van der Waals surface area contributed by atoms with Crippen LogP contribution in [0.4, 0.5) is 11.7 Å². The second-order valence-electron chi connectivity index (χ2n) is 5.94. The van der Waals surface area contributed by atoms with E-state index in [4.69, 9.17) is 20.8 Å². The highest BCUT2D eigenvalue weighted by Gasteiger charge is 2.12.